The monoisotopic (exact) mass is 346 g/mol. The van der Waals surface area contributed by atoms with Gasteiger partial charge in [0.05, 0.1) is 6.20 Å². The molecule has 1 aliphatic heterocycles. The lowest BCUT2D eigenvalue weighted by atomic mass is 10.2. The smallest absolute Gasteiger partial charge is 0.224 e. The quantitative estimate of drug-likeness (QED) is 0.835. The Morgan fingerprint density at radius 3 is 2.71 bits per heavy atom. The van der Waals surface area contributed by atoms with Crippen LogP contribution >= 0.6 is 11.6 Å². The van der Waals surface area contributed by atoms with Gasteiger partial charge in [-0.1, -0.05) is 23.7 Å². The number of amides is 1. The molecule has 128 valence electrons. The van der Waals surface area contributed by atoms with Gasteiger partial charge in [0.25, 0.3) is 0 Å². The van der Waals surface area contributed by atoms with Gasteiger partial charge >= 0.3 is 0 Å². The molecule has 6 heteroatoms. The summed E-state index contributed by atoms with van der Waals surface area (Å²) in [5.74, 6) is 0.213. The molecule has 0 N–H and O–H groups in total. The fraction of sp³-hybridized carbons (Fsp3) is 0.444. The average molecular weight is 347 g/mol. The normalized spacial score (nSPS) is 15.7. The first-order valence-corrected chi connectivity index (χ1v) is 8.71. The number of rotatable bonds is 5. The highest BCUT2D eigenvalue weighted by Crippen LogP contribution is 2.14. The van der Waals surface area contributed by atoms with Crippen LogP contribution in [0.4, 0.5) is 0 Å². The van der Waals surface area contributed by atoms with Crippen LogP contribution in [-0.4, -0.2) is 51.7 Å². The van der Waals surface area contributed by atoms with Crippen molar-refractivity contribution in [3.8, 4) is 0 Å². The third-order valence-corrected chi connectivity index (χ3v) is 4.57. The van der Waals surface area contributed by atoms with Crippen LogP contribution in [0.5, 0.6) is 0 Å². The summed E-state index contributed by atoms with van der Waals surface area (Å²) < 4.78 is 1.84. The van der Waals surface area contributed by atoms with Crippen LogP contribution in [0.25, 0.3) is 0 Å². The fourth-order valence-electron chi connectivity index (χ4n) is 3.01. The van der Waals surface area contributed by atoms with Crippen LogP contribution in [0.2, 0.25) is 5.02 Å². The Labute approximate surface area is 147 Å². The van der Waals surface area contributed by atoms with Crippen LogP contribution in [0.3, 0.4) is 0 Å². The Bertz CT molecular complexity index is 692. The Hall–Kier alpha value is -1.85. The lowest BCUT2D eigenvalue weighted by Crippen LogP contribution is -2.48. The Morgan fingerprint density at radius 2 is 2.04 bits per heavy atom. The van der Waals surface area contributed by atoms with Gasteiger partial charge in [-0.2, -0.15) is 5.10 Å². The van der Waals surface area contributed by atoms with Gasteiger partial charge in [0, 0.05) is 56.9 Å². The van der Waals surface area contributed by atoms with Crippen molar-refractivity contribution in [2.75, 3.05) is 26.2 Å². The molecule has 0 spiro atoms. The van der Waals surface area contributed by atoms with Crippen LogP contribution in [-0.2, 0) is 17.9 Å². The Balaban J connectivity index is 1.43. The van der Waals surface area contributed by atoms with Crippen molar-refractivity contribution in [1.82, 2.24) is 19.6 Å². The number of carbonyl (C=O) groups is 1. The van der Waals surface area contributed by atoms with Gasteiger partial charge in [0.2, 0.25) is 5.91 Å². The number of piperazine rings is 1. The largest absolute Gasteiger partial charge is 0.340 e. The van der Waals surface area contributed by atoms with Gasteiger partial charge in [0.1, 0.15) is 0 Å². The molecule has 1 aliphatic rings. The molecule has 1 amide bonds. The number of benzene rings is 1. The molecule has 0 atom stereocenters. The highest BCUT2D eigenvalue weighted by Gasteiger charge is 2.21. The van der Waals surface area contributed by atoms with E-state index >= 15 is 0 Å². The van der Waals surface area contributed by atoms with Gasteiger partial charge in [0.15, 0.2) is 0 Å². The van der Waals surface area contributed by atoms with E-state index in [1.165, 1.54) is 5.56 Å². The van der Waals surface area contributed by atoms with E-state index in [0.717, 1.165) is 43.3 Å². The number of halogens is 1. The molecule has 5 nitrogen and oxygen atoms in total. The standard InChI is InChI=1S/C18H23ClN4O/c1-15-12-20-23(13-15)6-5-18(24)22-9-7-21(8-10-22)14-16-3-2-4-17(19)11-16/h2-4,11-13H,5-10,14H2,1H3. The summed E-state index contributed by atoms with van der Waals surface area (Å²) >= 11 is 6.04. The van der Waals surface area contributed by atoms with Gasteiger partial charge in [-0.05, 0) is 30.2 Å². The Kier molecular flexibility index (Phi) is 5.53. The summed E-state index contributed by atoms with van der Waals surface area (Å²) in [5.41, 5.74) is 2.34. The van der Waals surface area contributed by atoms with Crippen molar-refractivity contribution in [2.24, 2.45) is 0 Å². The number of hydrogen-bond donors (Lipinski definition) is 0. The summed E-state index contributed by atoms with van der Waals surface area (Å²) in [4.78, 5) is 16.7. The van der Waals surface area contributed by atoms with Crippen molar-refractivity contribution < 1.29 is 4.79 Å². The zero-order valence-corrected chi connectivity index (χ0v) is 14.7. The minimum absolute atomic E-state index is 0.213. The SMILES string of the molecule is Cc1cnn(CCC(=O)N2CCN(Cc3cccc(Cl)c3)CC2)c1. The lowest BCUT2D eigenvalue weighted by Gasteiger charge is -2.34. The van der Waals surface area contributed by atoms with Crippen molar-refractivity contribution in [1.29, 1.82) is 0 Å². The Morgan fingerprint density at radius 1 is 1.25 bits per heavy atom. The molecular weight excluding hydrogens is 324 g/mol. The van der Waals surface area contributed by atoms with E-state index in [-0.39, 0.29) is 5.91 Å². The molecule has 0 aliphatic carbocycles. The van der Waals surface area contributed by atoms with E-state index in [9.17, 15) is 4.79 Å². The number of nitrogens with zero attached hydrogens (tertiary/aromatic N) is 4. The van der Waals surface area contributed by atoms with Crippen LogP contribution in [0.1, 0.15) is 17.5 Å². The second kappa shape index (κ2) is 7.81. The number of aromatic nitrogens is 2. The molecule has 3 rings (SSSR count). The first kappa shape index (κ1) is 17.0. The third-order valence-electron chi connectivity index (χ3n) is 4.34. The maximum atomic E-state index is 12.3. The molecule has 0 radical (unpaired) electrons. The first-order valence-electron chi connectivity index (χ1n) is 8.34. The van der Waals surface area contributed by atoms with Crippen molar-refractivity contribution in [2.45, 2.75) is 26.4 Å². The molecule has 2 aromatic rings. The second-order valence-electron chi connectivity index (χ2n) is 6.32. The summed E-state index contributed by atoms with van der Waals surface area (Å²) in [6.45, 7) is 6.92. The zero-order valence-electron chi connectivity index (χ0n) is 14.0. The number of aryl methyl sites for hydroxylation is 2. The summed E-state index contributed by atoms with van der Waals surface area (Å²) in [6, 6.07) is 7.97. The zero-order chi connectivity index (χ0) is 16.9. The maximum absolute atomic E-state index is 12.3. The molecular formula is C18H23ClN4O. The molecule has 24 heavy (non-hydrogen) atoms. The molecule has 0 bridgehead atoms. The molecule has 1 aromatic carbocycles. The van der Waals surface area contributed by atoms with Crippen molar-refractivity contribution >= 4 is 17.5 Å². The lowest BCUT2D eigenvalue weighted by molar-refractivity contribution is -0.133. The van der Waals surface area contributed by atoms with Gasteiger partial charge in [-0.3, -0.25) is 14.4 Å². The summed E-state index contributed by atoms with van der Waals surface area (Å²) in [5, 5.41) is 5.00. The van der Waals surface area contributed by atoms with Crippen molar-refractivity contribution in [3.63, 3.8) is 0 Å². The van der Waals surface area contributed by atoms with E-state index in [1.807, 2.05) is 47.1 Å². The van der Waals surface area contributed by atoms with Gasteiger partial charge in [-0.25, -0.2) is 0 Å². The molecule has 1 saturated heterocycles. The minimum atomic E-state index is 0.213. The van der Waals surface area contributed by atoms with Crippen LogP contribution in [0.15, 0.2) is 36.7 Å². The predicted octanol–water partition coefficient (Wildman–Crippen LogP) is 2.58. The second-order valence-corrected chi connectivity index (χ2v) is 6.75. The molecule has 1 aromatic heterocycles. The minimum Gasteiger partial charge on any atom is -0.340 e. The molecule has 0 unspecified atom stereocenters. The van der Waals surface area contributed by atoms with Gasteiger partial charge in [-0.15, -0.1) is 0 Å². The topological polar surface area (TPSA) is 41.4 Å². The van der Waals surface area contributed by atoms with E-state index in [0.29, 0.717) is 13.0 Å². The number of hydrogen-bond acceptors (Lipinski definition) is 3. The first-order chi connectivity index (χ1) is 11.6. The fourth-order valence-corrected chi connectivity index (χ4v) is 3.22. The molecule has 0 saturated carbocycles. The van der Waals surface area contributed by atoms with E-state index in [4.69, 9.17) is 11.6 Å². The highest BCUT2D eigenvalue weighted by molar-refractivity contribution is 6.30. The van der Waals surface area contributed by atoms with Gasteiger partial charge < -0.3 is 4.90 Å². The highest BCUT2D eigenvalue weighted by atomic mass is 35.5. The summed E-state index contributed by atoms with van der Waals surface area (Å²) in [7, 11) is 0. The van der Waals surface area contributed by atoms with Crippen molar-refractivity contribution in [3.05, 3.63) is 52.8 Å². The molecule has 2 heterocycles. The molecule has 1 fully saturated rings. The van der Waals surface area contributed by atoms with E-state index < -0.39 is 0 Å². The predicted molar refractivity (Wildman–Crippen MR) is 94.9 cm³/mol. The van der Waals surface area contributed by atoms with Crippen LogP contribution < -0.4 is 0 Å². The summed E-state index contributed by atoms with van der Waals surface area (Å²) in [6.07, 6.45) is 4.30. The van der Waals surface area contributed by atoms with Crippen LogP contribution in [0, 0.1) is 6.92 Å². The van der Waals surface area contributed by atoms with E-state index in [1.54, 1.807) is 0 Å². The average Bonchev–Trinajstić information content (AvgIpc) is 2.99. The van der Waals surface area contributed by atoms with E-state index in [2.05, 4.69) is 16.1 Å². The number of carbonyl (C=O) groups excluding carboxylic acids is 1. The maximum Gasteiger partial charge on any atom is 0.224 e. The third kappa shape index (κ3) is 4.58.